The first-order valence-electron chi connectivity index (χ1n) is 12.1. The van der Waals surface area contributed by atoms with Crippen molar-refractivity contribution >= 4 is 49.0 Å². The van der Waals surface area contributed by atoms with Crippen LogP contribution in [0.15, 0.2) is 67.4 Å². The number of rotatable bonds is 8. The highest BCUT2D eigenvalue weighted by molar-refractivity contribution is 9.11. The van der Waals surface area contributed by atoms with E-state index in [4.69, 9.17) is 20.9 Å². The second-order valence-electron chi connectivity index (χ2n) is 8.91. The van der Waals surface area contributed by atoms with Crippen LogP contribution in [0.3, 0.4) is 0 Å². The number of hydrogen-bond acceptors (Lipinski definition) is 5. The van der Waals surface area contributed by atoms with Gasteiger partial charge in [-0.3, -0.25) is 4.79 Å². The number of nitrogens with zero attached hydrogens (tertiary/aromatic N) is 3. The number of terminal acetylenes is 1. The fraction of sp³-hybridized carbons (Fsp3) is 0.233. The van der Waals surface area contributed by atoms with Crippen molar-refractivity contribution in [2.45, 2.75) is 33.6 Å². The molecular weight excluding hydrogens is 610 g/mol. The molecule has 0 spiro atoms. The minimum atomic E-state index is -0.256. The van der Waals surface area contributed by atoms with Crippen LogP contribution in [0.5, 0.6) is 11.5 Å². The first kappa shape index (κ1) is 27.6. The molecule has 0 unspecified atom stereocenters. The van der Waals surface area contributed by atoms with Crippen LogP contribution in [-0.4, -0.2) is 29.1 Å². The molecule has 0 atom stereocenters. The van der Waals surface area contributed by atoms with Crippen molar-refractivity contribution in [3.05, 3.63) is 84.5 Å². The Morgan fingerprint density at radius 1 is 1.13 bits per heavy atom. The molecule has 38 heavy (non-hydrogen) atoms. The lowest BCUT2D eigenvalue weighted by atomic mass is 9.96. The first-order chi connectivity index (χ1) is 18.2. The molecule has 6 nitrogen and oxygen atoms in total. The van der Waals surface area contributed by atoms with Crippen LogP contribution in [0.1, 0.15) is 43.4 Å². The molecule has 3 aromatic carbocycles. The van der Waals surface area contributed by atoms with Gasteiger partial charge in [0, 0.05) is 5.56 Å². The topological polar surface area (TPSA) is 65.7 Å². The molecule has 0 aliphatic carbocycles. The normalized spacial score (nSPS) is 11.3. The van der Waals surface area contributed by atoms with Crippen LogP contribution >= 0.6 is 31.9 Å². The minimum Gasteiger partial charge on any atom is -0.494 e. The van der Waals surface area contributed by atoms with E-state index in [-0.39, 0.29) is 18.1 Å². The molecule has 1 aromatic heterocycles. The van der Waals surface area contributed by atoms with Gasteiger partial charge in [-0.05, 0) is 105 Å². The van der Waals surface area contributed by atoms with Crippen LogP contribution in [0.25, 0.3) is 22.3 Å². The summed E-state index contributed by atoms with van der Waals surface area (Å²) in [5.74, 6) is 4.56. The van der Waals surface area contributed by atoms with Crippen LogP contribution in [0.4, 0.5) is 0 Å². The maximum Gasteiger partial charge on any atom is 0.282 e. The quantitative estimate of drug-likeness (QED) is 0.150. The molecule has 0 saturated heterocycles. The summed E-state index contributed by atoms with van der Waals surface area (Å²) in [6.07, 6.45) is 6.94. The highest BCUT2D eigenvalue weighted by atomic mass is 79.9. The average Bonchev–Trinajstić information content (AvgIpc) is 2.88. The van der Waals surface area contributed by atoms with E-state index in [9.17, 15) is 4.79 Å². The molecule has 0 N–H and O–H groups in total. The SMILES string of the molecule is C#CCOc1c(Br)cc(C=Nn2c(-c3cc(C(C)C)c(OCC)cc3C)nc3ccccc3c2=O)cc1Br. The third-order valence-corrected chi connectivity index (χ3v) is 7.09. The standard InChI is InChI=1S/C30H27Br2N3O3/c1-6-12-38-28-24(31)14-20(15-25(28)32)17-33-35-29(34-26-11-9-8-10-21(26)30(35)36)23-16-22(18(3)4)27(37-7-2)13-19(23)5/h1,8-11,13-18H,7,12H2,2-5H3. The van der Waals surface area contributed by atoms with E-state index in [0.29, 0.717) is 38.0 Å². The Morgan fingerprint density at radius 3 is 2.50 bits per heavy atom. The summed E-state index contributed by atoms with van der Waals surface area (Å²) in [5, 5.41) is 5.11. The molecule has 0 bridgehead atoms. The number of para-hydroxylation sites is 1. The van der Waals surface area contributed by atoms with E-state index < -0.39 is 0 Å². The van der Waals surface area contributed by atoms with E-state index in [1.54, 1.807) is 12.3 Å². The molecule has 194 valence electrons. The van der Waals surface area contributed by atoms with Gasteiger partial charge in [0.25, 0.3) is 5.56 Å². The van der Waals surface area contributed by atoms with Crippen molar-refractivity contribution in [2.75, 3.05) is 13.2 Å². The van der Waals surface area contributed by atoms with E-state index in [1.165, 1.54) is 4.68 Å². The summed E-state index contributed by atoms with van der Waals surface area (Å²) in [5.41, 5.74) is 3.89. The summed E-state index contributed by atoms with van der Waals surface area (Å²) in [6.45, 7) is 8.90. The van der Waals surface area contributed by atoms with Gasteiger partial charge in [0.1, 0.15) is 18.1 Å². The van der Waals surface area contributed by atoms with Crippen LogP contribution in [-0.2, 0) is 0 Å². The van der Waals surface area contributed by atoms with Crippen molar-refractivity contribution in [1.82, 2.24) is 9.66 Å². The number of benzene rings is 3. The third-order valence-electron chi connectivity index (χ3n) is 5.92. The monoisotopic (exact) mass is 635 g/mol. The first-order valence-corrected chi connectivity index (χ1v) is 13.7. The molecule has 0 radical (unpaired) electrons. The lowest BCUT2D eigenvalue weighted by molar-refractivity contribution is 0.335. The van der Waals surface area contributed by atoms with Gasteiger partial charge >= 0.3 is 0 Å². The van der Waals surface area contributed by atoms with Crippen molar-refractivity contribution in [2.24, 2.45) is 5.10 Å². The second-order valence-corrected chi connectivity index (χ2v) is 10.6. The van der Waals surface area contributed by atoms with Gasteiger partial charge in [-0.15, -0.1) is 6.42 Å². The van der Waals surface area contributed by atoms with E-state index in [0.717, 1.165) is 28.0 Å². The zero-order valence-electron chi connectivity index (χ0n) is 21.6. The van der Waals surface area contributed by atoms with Gasteiger partial charge in [0.15, 0.2) is 5.82 Å². The predicted octanol–water partition coefficient (Wildman–Crippen LogP) is 7.31. The fourth-order valence-corrected chi connectivity index (χ4v) is 5.56. The second kappa shape index (κ2) is 12.0. The zero-order chi connectivity index (χ0) is 27.4. The molecule has 0 saturated carbocycles. The molecule has 0 amide bonds. The van der Waals surface area contributed by atoms with Gasteiger partial charge in [0.05, 0.1) is 32.7 Å². The molecule has 4 aromatic rings. The van der Waals surface area contributed by atoms with Gasteiger partial charge in [-0.25, -0.2) is 4.98 Å². The molecular formula is C30H27Br2N3O3. The number of aryl methyl sites for hydroxylation is 1. The Labute approximate surface area is 239 Å². The summed E-state index contributed by atoms with van der Waals surface area (Å²) < 4.78 is 14.3. The Kier molecular flexibility index (Phi) is 8.70. The van der Waals surface area contributed by atoms with Crippen molar-refractivity contribution in [3.63, 3.8) is 0 Å². The minimum absolute atomic E-state index is 0.145. The lowest BCUT2D eigenvalue weighted by Gasteiger charge is -2.18. The number of ether oxygens (including phenoxy) is 2. The molecule has 0 aliphatic heterocycles. The molecule has 1 heterocycles. The van der Waals surface area contributed by atoms with E-state index in [1.807, 2.05) is 50.2 Å². The Morgan fingerprint density at radius 2 is 1.84 bits per heavy atom. The number of hydrogen-bond donors (Lipinski definition) is 0. The summed E-state index contributed by atoms with van der Waals surface area (Å²) >= 11 is 7.05. The largest absolute Gasteiger partial charge is 0.494 e. The maximum atomic E-state index is 13.7. The lowest BCUT2D eigenvalue weighted by Crippen LogP contribution is -2.21. The van der Waals surface area contributed by atoms with Gasteiger partial charge in [0.2, 0.25) is 0 Å². The predicted molar refractivity (Wildman–Crippen MR) is 161 cm³/mol. The average molecular weight is 637 g/mol. The molecule has 4 rings (SSSR count). The number of halogens is 2. The zero-order valence-corrected chi connectivity index (χ0v) is 24.8. The van der Waals surface area contributed by atoms with E-state index in [2.05, 4.69) is 62.8 Å². The third kappa shape index (κ3) is 5.69. The van der Waals surface area contributed by atoms with Gasteiger partial charge in [-0.2, -0.15) is 9.78 Å². The fourth-order valence-electron chi connectivity index (χ4n) is 4.11. The van der Waals surface area contributed by atoms with Crippen molar-refractivity contribution in [3.8, 4) is 35.2 Å². The smallest absolute Gasteiger partial charge is 0.282 e. The van der Waals surface area contributed by atoms with Crippen molar-refractivity contribution < 1.29 is 9.47 Å². The van der Waals surface area contributed by atoms with Crippen molar-refractivity contribution in [1.29, 1.82) is 0 Å². The van der Waals surface area contributed by atoms with Gasteiger partial charge in [-0.1, -0.05) is 31.9 Å². The van der Waals surface area contributed by atoms with E-state index >= 15 is 0 Å². The number of aromatic nitrogens is 2. The highest BCUT2D eigenvalue weighted by Gasteiger charge is 2.18. The summed E-state index contributed by atoms with van der Waals surface area (Å²) in [4.78, 5) is 18.6. The highest BCUT2D eigenvalue weighted by Crippen LogP contribution is 2.35. The molecule has 0 aliphatic rings. The van der Waals surface area contributed by atoms with Crippen LogP contribution in [0, 0.1) is 19.3 Å². The Hall–Kier alpha value is -3.41. The van der Waals surface area contributed by atoms with Gasteiger partial charge < -0.3 is 9.47 Å². The summed E-state index contributed by atoms with van der Waals surface area (Å²) in [6, 6.07) is 15.0. The Balaban J connectivity index is 1.91. The molecule has 8 heteroatoms. The summed E-state index contributed by atoms with van der Waals surface area (Å²) in [7, 11) is 0. The van der Waals surface area contributed by atoms with Crippen LogP contribution in [0.2, 0.25) is 0 Å². The molecule has 0 fully saturated rings. The maximum absolute atomic E-state index is 13.7. The number of fused-ring (bicyclic) bond motifs is 1. The van der Waals surface area contributed by atoms with Crippen LogP contribution < -0.4 is 15.0 Å². The Bertz CT molecular complexity index is 1610.